The van der Waals surface area contributed by atoms with E-state index in [1.807, 2.05) is 24.3 Å². The van der Waals surface area contributed by atoms with Gasteiger partial charge in [-0.3, -0.25) is 0 Å². The van der Waals surface area contributed by atoms with Gasteiger partial charge in [-0.25, -0.2) is 0 Å². The second kappa shape index (κ2) is 7.57. The number of likely N-dealkylation sites (tertiary alicyclic amines) is 1. The lowest BCUT2D eigenvalue weighted by Gasteiger charge is -2.32. The van der Waals surface area contributed by atoms with Crippen molar-refractivity contribution in [2.75, 3.05) is 25.0 Å². The Hall–Kier alpha value is -1.54. The highest BCUT2D eigenvalue weighted by Crippen LogP contribution is 2.30. The number of nitriles is 1. The minimum Gasteiger partial charge on any atom is -0.363 e. The quantitative estimate of drug-likeness (QED) is 0.741. The largest absolute Gasteiger partial charge is 0.363 e. The summed E-state index contributed by atoms with van der Waals surface area (Å²) in [6.07, 6.45) is 1.12. The Morgan fingerprint density at radius 2 is 2.12 bits per heavy atom. The zero-order valence-electron chi connectivity index (χ0n) is 13.5. The molecule has 2 aromatic carbocycles. The van der Waals surface area contributed by atoms with Crippen LogP contribution in [-0.2, 0) is 6.54 Å². The summed E-state index contributed by atoms with van der Waals surface area (Å²) in [6.45, 7) is 2.94. The highest BCUT2D eigenvalue weighted by Gasteiger charge is 2.27. The maximum absolute atomic E-state index is 9.10. The lowest BCUT2D eigenvalue weighted by atomic mass is 10.1. The van der Waals surface area contributed by atoms with Crippen LogP contribution in [0.4, 0.5) is 5.69 Å². The monoisotopic (exact) mass is 403 g/mol. The van der Waals surface area contributed by atoms with Gasteiger partial charge in [0.25, 0.3) is 0 Å². The molecule has 0 unspecified atom stereocenters. The van der Waals surface area contributed by atoms with Crippen molar-refractivity contribution >= 4 is 33.2 Å². The third-order valence-electron chi connectivity index (χ3n) is 4.51. The third-order valence-corrected chi connectivity index (χ3v) is 5.60. The number of likely N-dealkylation sites (N-methyl/N-ethyl adjacent to an activating group) is 1. The summed E-state index contributed by atoms with van der Waals surface area (Å²) in [5.74, 6) is 0. The average molecular weight is 405 g/mol. The third kappa shape index (κ3) is 3.75. The summed E-state index contributed by atoms with van der Waals surface area (Å²) in [7, 11) is 2.16. The fourth-order valence-electron chi connectivity index (χ4n) is 3.18. The molecular formula is C19H19BrClN3. The van der Waals surface area contributed by atoms with Gasteiger partial charge in [0.1, 0.15) is 6.07 Å². The van der Waals surface area contributed by atoms with Crippen molar-refractivity contribution in [1.29, 1.82) is 5.26 Å². The van der Waals surface area contributed by atoms with Crippen LogP contribution in [0.5, 0.6) is 0 Å². The van der Waals surface area contributed by atoms with Crippen molar-refractivity contribution in [3.63, 3.8) is 0 Å². The Bertz CT molecular complexity index is 771. The topological polar surface area (TPSA) is 30.3 Å². The Balaban J connectivity index is 1.95. The first-order chi connectivity index (χ1) is 11.6. The molecule has 3 rings (SSSR count). The van der Waals surface area contributed by atoms with Crippen LogP contribution in [0.25, 0.3) is 0 Å². The molecule has 0 amide bonds. The molecule has 1 aliphatic heterocycles. The molecule has 2 aromatic rings. The zero-order chi connectivity index (χ0) is 17.1. The predicted octanol–water partition coefficient (Wildman–Crippen LogP) is 4.68. The summed E-state index contributed by atoms with van der Waals surface area (Å²) < 4.78 is 1.11. The molecule has 0 aromatic heterocycles. The number of hydrogen-bond acceptors (Lipinski definition) is 3. The molecule has 1 aliphatic rings. The first-order valence-corrected chi connectivity index (χ1v) is 9.14. The van der Waals surface area contributed by atoms with E-state index < -0.39 is 0 Å². The molecule has 0 N–H and O–H groups in total. The molecule has 0 bridgehead atoms. The normalized spacial score (nSPS) is 17.7. The molecule has 1 saturated heterocycles. The standard InChI is InChI=1S/C19H19BrClN3/c1-23-9-8-17(13-23)24(12-15-4-2-3-5-18(15)20)16-7-6-14(11-22)19(21)10-16/h2-7,10,17H,8-9,12-13H2,1H3/t17-/m0/s1. The number of halogens is 2. The fourth-order valence-corrected chi connectivity index (χ4v) is 3.81. The van der Waals surface area contributed by atoms with Gasteiger partial charge in [-0.15, -0.1) is 0 Å². The van der Waals surface area contributed by atoms with Gasteiger partial charge in [-0.05, 0) is 49.8 Å². The van der Waals surface area contributed by atoms with Gasteiger partial charge in [-0.2, -0.15) is 5.26 Å². The maximum Gasteiger partial charge on any atom is 0.101 e. The summed E-state index contributed by atoms with van der Waals surface area (Å²) >= 11 is 9.92. The molecule has 124 valence electrons. The van der Waals surface area contributed by atoms with E-state index in [0.717, 1.165) is 36.2 Å². The van der Waals surface area contributed by atoms with Gasteiger partial charge in [0.2, 0.25) is 0 Å². The first-order valence-electron chi connectivity index (χ1n) is 7.96. The van der Waals surface area contributed by atoms with E-state index >= 15 is 0 Å². The summed E-state index contributed by atoms with van der Waals surface area (Å²) in [6, 6.07) is 16.6. The summed E-state index contributed by atoms with van der Waals surface area (Å²) in [5, 5.41) is 9.62. The molecule has 3 nitrogen and oxygen atoms in total. The van der Waals surface area contributed by atoms with E-state index in [9.17, 15) is 0 Å². The van der Waals surface area contributed by atoms with Crippen molar-refractivity contribution in [2.24, 2.45) is 0 Å². The van der Waals surface area contributed by atoms with Crippen molar-refractivity contribution in [3.8, 4) is 6.07 Å². The van der Waals surface area contributed by atoms with Gasteiger partial charge in [0.05, 0.1) is 10.6 Å². The first kappa shape index (κ1) is 17.3. The fraction of sp³-hybridized carbons (Fsp3) is 0.316. The van der Waals surface area contributed by atoms with Crippen molar-refractivity contribution in [3.05, 3.63) is 63.1 Å². The SMILES string of the molecule is CN1CC[C@H](N(Cc2ccccc2Br)c2ccc(C#N)c(Cl)c2)C1. The van der Waals surface area contributed by atoms with Gasteiger partial charge in [0.15, 0.2) is 0 Å². The van der Waals surface area contributed by atoms with Gasteiger partial charge in [0, 0.05) is 29.3 Å². The maximum atomic E-state index is 9.10. The van der Waals surface area contributed by atoms with Crippen LogP contribution < -0.4 is 4.90 Å². The molecule has 0 spiro atoms. The molecule has 1 heterocycles. The van der Waals surface area contributed by atoms with Gasteiger partial charge in [-0.1, -0.05) is 45.7 Å². The Labute approximate surface area is 156 Å². The molecule has 24 heavy (non-hydrogen) atoms. The lowest BCUT2D eigenvalue weighted by Crippen LogP contribution is -2.36. The number of nitrogens with zero attached hydrogens (tertiary/aromatic N) is 3. The Kier molecular flexibility index (Phi) is 5.45. The molecule has 1 atom stereocenters. The molecule has 0 aliphatic carbocycles. The van der Waals surface area contributed by atoms with Crippen LogP contribution >= 0.6 is 27.5 Å². The number of rotatable bonds is 4. The number of anilines is 1. The Morgan fingerprint density at radius 3 is 2.75 bits per heavy atom. The van der Waals surface area contributed by atoms with Crippen molar-refractivity contribution in [1.82, 2.24) is 4.90 Å². The van der Waals surface area contributed by atoms with E-state index in [1.54, 1.807) is 0 Å². The summed E-state index contributed by atoms with van der Waals surface area (Å²) in [4.78, 5) is 4.75. The number of hydrogen-bond donors (Lipinski definition) is 0. The molecule has 0 radical (unpaired) electrons. The molecule has 5 heteroatoms. The van der Waals surface area contributed by atoms with E-state index in [2.05, 4.69) is 57.0 Å². The number of benzene rings is 2. The van der Waals surface area contributed by atoms with Crippen LogP contribution in [0, 0.1) is 11.3 Å². The van der Waals surface area contributed by atoms with Crippen molar-refractivity contribution < 1.29 is 0 Å². The molecule has 1 fully saturated rings. The smallest absolute Gasteiger partial charge is 0.101 e. The van der Waals surface area contributed by atoms with Crippen LogP contribution in [0.1, 0.15) is 17.5 Å². The van der Waals surface area contributed by atoms with Gasteiger partial charge >= 0.3 is 0 Å². The van der Waals surface area contributed by atoms with Crippen molar-refractivity contribution in [2.45, 2.75) is 19.0 Å². The van der Waals surface area contributed by atoms with E-state index in [4.69, 9.17) is 16.9 Å². The average Bonchev–Trinajstić information content (AvgIpc) is 3.00. The predicted molar refractivity (Wildman–Crippen MR) is 102 cm³/mol. The lowest BCUT2D eigenvalue weighted by molar-refractivity contribution is 0.407. The Morgan fingerprint density at radius 1 is 1.33 bits per heavy atom. The molecular weight excluding hydrogens is 386 g/mol. The minimum absolute atomic E-state index is 0.436. The zero-order valence-corrected chi connectivity index (χ0v) is 15.9. The van der Waals surface area contributed by atoms with Gasteiger partial charge < -0.3 is 9.80 Å². The van der Waals surface area contributed by atoms with E-state index in [-0.39, 0.29) is 0 Å². The van der Waals surface area contributed by atoms with E-state index in [0.29, 0.717) is 16.6 Å². The summed E-state index contributed by atoms with van der Waals surface area (Å²) in [5.41, 5.74) is 2.83. The minimum atomic E-state index is 0.436. The van der Waals surface area contributed by atoms with E-state index in [1.165, 1.54) is 5.56 Å². The van der Waals surface area contributed by atoms with Crippen LogP contribution in [0.15, 0.2) is 46.9 Å². The van der Waals surface area contributed by atoms with Crippen LogP contribution in [0.2, 0.25) is 5.02 Å². The van der Waals surface area contributed by atoms with Crippen LogP contribution in [0.3, 0.4) is 0 Å². The highest BCUT2D eigenvalue weighted by molar-refractivity contribution is 9.10. The second-order valence-electron chi connectivity index (χ2n) is 6.20. The second-order valence-corrected chi connectivity index (χ2v) is 7.46. The highest BCUT2D eigenvalue weighted by atomic mass is 79.9. The van der Waals surface area contributed by atoms with Crippen LogP contribution in [-0.4, -0.2) is 31.1 Å². The molecule has 0 saturated carbocycles.